The van der Waals surface area contributed by atoms with Gasteiger partial charge in [-0.3, -0.25) is 4.79 Å². The van der Waals surface area contributed by atoms with E-state index in [2.05, 4.69) is 0 Å². The molecule has 0 aromatic heterocycles. The highest BCUT2D eigenvalue weighted by Gasteiger charge is 2.61. The Bertz CT molecular complexity index is 1030. The molecule has 2 aliphatic rings. The summed E-state index contributed by atoms with van der Waals surface area (Å²) in [5.41, 5.74) is 1.10. The third-order valence-corrected chi connectivity index (χ3v) is 6.55. The van der Waals surface area contributed by atoms with Crippen LogP contribution in [0.5, 0.6) is 11.5 Å². The van der Waals surface area contributed by atoms with Crippen molar-refractivity contribution in [2.75, 3.05) is 41.5 Å². The van der Waals surface area contributed by atoms with Gasteiger partial charge in [-0.1, -0.05) is 11.6 Å². The Kier molecular flexibility index (Phi) is 5.58. The Hall–Kier alpha value is -2.77. The zero-order valence-corrected chi connectivity index (χ0v) is 18.7. The average Bonchev–Trinajstić information content (AvgIpc) is 3.15. The Balaban J connectivity index is 1.93. The van der Waals surface area contributed by atoms with Gasteiger partial charge in [0.1, 0.15) is 11.5 Å². The summed E-state index contributed by atoms with van der Waals surface area (Å²) in [5.74, 6) is 0.272. The van der Waals surface area contributed by atoms with Crippen molar-refractivity contribution in [2.45, 2.75) is 18.0 Å². The summed E-state index contributed by atoms with van der Waals surface area (Å²) >= 11 is 6.01. The topological polar surface area (TPSA) is 68.3 Å². The highest BCUT2D eigenvalue weighted by Crippen LogP contribution is 2.50. The van der Waals surface area contributed by atoms with Crippen molar-refractivity contribution in [2.24, 2.45) is 0 Å². The quantitative estimate of drug-likeness (QED) is 0.675. The molecule has 2 aromatic carbocycles. The summed E-state index contributed by atoms with van der Waals surface area (Å²) < 4.78 is 16.4. The van der Waals surface area contributed by atoms with Gasteiger partial charge in [0, 0.05) is 41.2 Å². The lowest BCUT2D eigenvalue weighted by Gasteiger charge is -2.47. The number of fused-ring (bicyclic) bond motifs is 3. The molecule has 0 saturated carbocycles. The predicted molar refractivity (Wildman–Crippen MR) is 116 cm³/mol. The van der Waals surface area contributed by atoms with Crippen LogP contribution in [0.4, 0.5) is 0 Å². The summed E-state index contributed by atoms with van der Waals surface area (Å²) in [5, 5.41) is 0.537. The SMILES string of the molecule is COC(=O)[C@@]12CN(C)C[C@@H]1c1cc(OC)cc(OC)c1CN2C(=O)c1ccc(Cl)cc1. The first-order chi connectivity index (χ1) is 14.8. The third kappa shape index (κ3) is 3.32. The molecular weight excluding hydrogens is 420 g/mol. The van der Waals surface area contributed by atoms with Crippen molar-refractivity contribution < 1.29 is 23.8 Å². The second-order valence-electron chi connectivity index (χ2n) is 7.96. The van der Waals surface area contributed by atoms with Crippen molar-refractivity contribution >= 4 is 23.5 Å². The van der Waals surface area contributed by atoms with E-state index >= 15 is 0 Å². The van der Waals surface area contributed by atoms with Crippen LogP contribution in [0.25, 0.3) is 0 Å². The van der Waals surface area contributed by atoms with Crippen molar-refractivity contribution in [3.63, 3.8) is 0 Å². The lowest BCUT2D eigenvalue weighted by Crippen LogP contribution is -2.63. The number of likely N-dealkylation sites (tertiary alicyclic amines) is 1. The number of amides is 1. The maximum Gasteiger partial charge on any atom is 0.333 e. The van der Waals surface area contributed by atoms with Gasteiger partial charge in [-0.2, -0.15) is 0 Å². The van der Waals surface area contributed by atoms with E-state index in [9.17, 15) is 9.59 Å². The number of benzene rings is 2. The normalized spacial score (nSPS) is 22.5. The van der Waals surface area contributed by atoms with E-state index in [1.165, 1.54) is 7.11 Å². The Morgan fingerprint density at radius 3 is 2.42 bits per heavy atom. The second-order valence-corrected chi connectivity index (χ2v) is 8.40. The first-order valence-electron chi connectivity index (χ1n) is 9.95. The predicted octanol–water partition coefficient (Wildman–Crippen LogP) is 2.95. The molecule has 7 nitrogen and oxygen atoms in total. The summed E-state index contributed by atoms with van der Waals surface area (Å²) in [6, 6.07) is 10.4. The molecule has 0 aliphatic carbocycles. The van der Waals surface area contributed by atoms with E-state index in [0.29, 0.717) is 35.2 Å². The van der Waals surface area contributed by atoms with E-state index in [-0.39, 0.29) is 18.4 Å². The number of carbonyl (C=O) groups is 2. The summed E-state index contributed by atoms with van der Waals surface area (Å²) in [4.78, 5) is 30.7. The van der Waals surface area contributed by atoms with Gasteiger partial charge < -0.3 is 24.0 Å². The van der Waals surface area contributed by atoms with Crippen LogP contribution in [0.3, 0.4) is 0 Å². The lowest BCUT2D eigenvalue weighted by molar-refractivity contribution is -0.155. The van der Waals surface area contributed by atoms with Gasteiger partial charge in [-0.15, -0.1) is 0 Å². The molecule has 0 bridgehead atoms. The summed E-state index contributed by atoms with van der Waals surface area (Å²) in [7, 11) is 6.47. The fourth-order valence-corrected chi connectivity index (χ4v) is 5.02. The van der Waals surface area contributed by atoms with E-state index < -0.39 is 11.5 Å². The zero-order chi connectivity index (χ0) is 22.3. The summed E-state index contributed by atoms with van der Waals surface area (Å²) in [6.45, 7) is 1.16. The fourth-order valence-electron chi connectivity index (χ4n) is 4.89. The van der Waals surface area contributed by atoms with Crippen molar-refractivity contribution in [3.8, 4) is 11.5 Å². The number of nitrogens with zero attached hydrogens (tertiary/aromatic N) is 2. The molecule has 2 atom stereocenters. The van der Waals surface area contributed by atoms with Gasteiger partial charge in [0.25, 0.3) is 5.91 Å². The largest absolute Gasteiger partial charge is 0.497 e. The minimum Gasteiger partial charge on any atom is -0.497 e. The highest BCUT2D eigenvalue weighted by atomic mass is 35.5. The smallest absolute Gasteiger partial charge is 0.333 e. The number of hydrogen-bond acceptors (Lipinski definition) is 6. The molecule has 164 valence electrons. The Morgan fingerprint density at radius 1 is 1.10 bits per heavy atom. The van der Waals surface area contributed by atoms with Crippen LogP contribution >= 0.6 is 11.6 Å². The lowest BCUT2D eigenvalue weighted by atomic mass is 9.74. The number of esters is 1. The van der Waals surface area contributed by atoms with Crippen LogP contribution < -0.4 is 9.47 Å². The van der Waals surface area contributed by atoms with Gasteiger partial charge in [0.15, 0.2) is 5.54 Å². The molecule has 1 saturated heterocycles. The first kappa shape index (κ1) is 21.5. The number of halogens is 1. The molecule has 1 amide bonds. The standard InChI is InChI=1S/C23H25ClN2O5/c1-25-12-19-17-9-16(29-2)10-20(30-3)18(17)11-26(23(19,13-25)22(28)31-4)21(27)14-5-7-15(24)8-6-14/h5-10,19H,11-13H2,1-4H3/t19-,23-/m1/s1. The molecule has 31 heavy (non-hydrogen) atoms. The van der Waals surface area contributed by atoms with Gasteiger partial charge in [-0.25, -0.2) is 4.79 Å². The Morgan fingerprint density at radius 2 is 1.81 bits per heavy atom. The molecule has 0 spiro atoms. The molecular formula is C23H25ClN2O5. The molecule has 1 fully saturated rings. The maximum atomic E-state index is 13.7. The molecule has 0 N–H and O–H groups in total. The van der Waals surface area contributed by atoms with E-state index in [4.69, 9.17) is 25.8 Å². The average molecular weight is 445 g/mol. The number of hydrogen-bond donors (Lipinski definition) is 0. The molecule has 8 heteroatoms. The van der Waals surface area contributed by atoms with Gasteiger partial charge in [0.2, 0.25) is 0 Å². The van der Waals surface area contributed by atoms with Crippen LogP contribution in [0, 0.1) is 0 Å². The maximum absolute atomic E-state index is 13.7. The number of carbonyl (C=O) groups excluding carboxylic acids is 2. The molecule has 0 unspecified atom stereocenters. The second kappa shape index (κ2) is 8.05. The molecule has 4 rings (SSSR count). The molecule has 2 aliphatic heterocycles. The van der Waals surface area contributed by atoms with Gasteiger partial charge >= 0.3 is 5.97 Å². The number of rotatable bonds is 4. The van der Waals surface area contributed by atoms with E-state index in [0.717, 1.165) is 11.1 Å². The fraction of sp³-hybridized carbons (Fsp3) is 0.391. The van der Waals surface area contributed by atoms with Gasteiger partial charge in [0.05, 0.1) is 27.9 Å². The van der Waals surface area contributed by atoms with Crippen LogP contribution in [0.2, 0.25) is 5.02 Å². The first-order valence-corrected chi connectivity index (χ1v) is 10.3. The van der Waals surface area contributed by atoms with Crippen LogP contribution in [0.1, 0.15) is 27.4 Å². The highest BCUT2D eigenvalue weighted by molar-refractivity contribution is 6.30. The number of methoxy groups -OCH3 is 3. The number of ether oxygens (including phenoxy) is 3. The van der Waals surface area contributed by atoms with E-state index in [1.807, 2.05) is 18.0 Å². The monoisotopic (exact) mass is 444 g/mol. The Labute approximate surface area is 186 Å². The molecule has 2 heterocycles. The summed E-state index contributed by atoms with van der Waals surface area (Å²) in [6.07, 6.45) is 0. The number of likely N-dealkylation sites (N-methyl/N-ethyl adjacent to an activating group) is 1. The van der Waals surface area contributed by atoms with Crippen molar-refractivity contribution in [1.82, 2.24) is 9.80 Å². The van der Waals surface area contributed by atoms with Crippen LogP contribution in [-0.4, -0.2) is 68.7 Å². The van der Waals surface area contributed by atoms with Gasteiger partial charge in [-0.05, 0) is 42.9 Å². The van der Waals surface area contributed by atoms with E-state index in [1.54, 1.807) is 49.5 Å². The van der Waals surface area contributed by atoms with Crippen LogP contribution in [-0.2, 0) is 16.1 Å². The zero-order valence-electron chi connectivity index (χ0n) is 18.0. The van der Waals surface area contributed by atoms with Crippen LogP contribution in [0.15, 0.2) is 36.4 Å². The minimum absolute atomic E-state index is 0.212. The molecule has 2 aromatic rings. The minimum atomic E-state index is -1.16. The molecule has 0 radical (unpaired) electrons. The van der Waals surface area contributed by atoms with Crippen molar-refractivity contribution in [3.05, 3.63) is 58.1 Å². The van der Waals surface area contributed by atoms with Crippen molar-refractivity contribution in [1.29, 1.82) is 0 Å². The third-order valence-electron chi connectivity index (χ3n) is 6.30.